The highest BCUT2D eigenvalue weighted by molar-refractivity contribution is 8.00. The number of carbonyl (C=O) groups is 1. The van der Waals surface area contributed by atoms with Crippen molar-refractivity contribution in [1.29, 1.82) is 0 Å². The highest BCUT2D eigenvalue weighted by Gasteiger charge is 2.17. The van der Waals surface area contributed by atoms with Crippen molar-refractivity contribution in [3.05, 3.63) is 78.9 Å². The van der Waals surface area contributed by atoms with Crippen LogP contribution in [0.4, 0.5) is 11.4 Å². The number of rotatable bonds is 8. The molecular formula is C22H22N2O4S2. The number of carbonyl (C=O) groups excluding carboxylic acids is 1. The second kappa shape index (κ2) is 9.69. The minimum Gasteiger partial charge on any atom is -0.495 e. The number of ether oxygens (including phenoxy) is 1. The van der Waals surface area contributed by atoms with E-state index in [1.807, 2.05) is 12.1 Å². The van der Waals surface area contributed by atoms with Gasteiger partial charge in [-0.3, -0.25) is 9.52 Å². The van der Waals surface area contributed by atoms with Gasteiger partial charge in [-0.05, 0) is 55.5 Å². The number of nitrogens with one attached hydrogen (secondary N) is 2. The van der Waals surface area contributed by atoms with Crippen molar-refractivity contribution in [2.45, 2.75) is 22.0 Å². The molecule has 8 heteroatoms. The van der Waals surface area contributed by atoms with Crippen molar-refractivity contribution in [2.75, 3.05) is 17.1 Å². The van der Waals surface area contributed by atoms with Gasteiger partial charge in [0.05, 0.1) is 22.9 Å². The third kappa shape index (κ3) is 5.55. The lowest BCUT2D eigenvalue weighted by Gasteiger charge is -2.14. The van der Waals surface area contributed by atoms with E-state index < -0.39 is 10.0 Å². The van der Waals surface area contributed by atoms with E-state index in [1.54, 1.807) is 68.6 Å². The van der Waals surface area contributed by atoms with Crippen molar-refractivity contribution < 1.29 is 17.9 Å². The Morgan fingerprint density at radius 2 is 1.57 bits per heavy atom. The smallest absolute Gasteiger partial charge is 0.261 e. The molecule has 1 unspecified atom stereocenters. The van der Waals surface area contributed by atoms with Crippen LogP contribution in [-0.4, -0.2) is 26.7 Å². The van der Waals surface area contributed by atoms with Crippen LogP contribution < -0.4 is 14.8 Å². The average molecular weight is 443 g/mol. The van der Waals surface area contributed by atoms with Gasteiger partial charge in [-0.1, -0.05) is 30.3 Å². The summed E-state index contributed by atoms with van der Waals surface area (Å²) in [6.07, 6.45) is 0. The van der Waals surface area contributed by atoms with Gasteiger partial charge < -0.3 is 10.1 Å². The molecule has 0 aromatic heterocycles. The zero-order valence-corrected chi connectivity index (χ0v) is 18.2. The molecule has 0 radical (unpaired) electrons. The molecule has 0 spiro atoms. The number of para-hydroxylation sites is 2. The summed E-state index contributed by atoms with van der Waals surface area (Å²) in [5.41, 5.74) is 1.07. The van der Waals surface area contributed by atoms with E-state index in [0.29, 0.717) is 17.1 Å². The fourth-order valence-electron chi connectivity index (χ4n) is 2.66. The Hall–Kier alpha value is -2.97. The Kier molecular flexibility index (Phi) is 7.02. The van der Waals surface area contributed by atoms with E-state index in [-0.39, 0.29) is 16.1 Å². The molecule has 0 saturated carbocycles. The van der Waals surface area contributed by atoms with Crippen molar-refractivity contribution in [3.63, 3.8) is 0 Å². The molecule has 0 aliphatic carbocycles. The largest absolute Gasteiger partial charge is 0.495 e. The van der Waals surface area contributed by atoms with Crippen LogP contribution in [-0.2, 0) is 14.8 Å². The van der Waals surface area contributed by atoms with Gasteiger partial charge in [-0.15, -0.1) is 11.8 Å². The van der Waals surface area contributed by atoms with Gasteiger partial charge in [0.2, 0.25) is 5.91 Å². The Labute approximate surface area is 180 Å². The lowest BCUT2D eigenvalue weighted by molar-refractivity contribution is -0.115. The Morgan fingerprint density at radius 1 is 0.933 bits per heavy atom. The zero-order valence-electron chi connectivity index (χ0n) is 16.5. The van der Waals surface area contributed by atoms with E-state index in [1.165, 1.54) is 23.9 Å². The summed E-state index contributed by atoms with van der Waals surface area (Å²) >= 11 is 1.38. The third-order valence-corrected chi connectivity index (χ3v) is 6.72. The number of thioether (sulfide) groups is 1. The minimum atomic E-state index is -3.64. The molecule has 1 amide bonds. The summed E-state index contributed by atoms with van der Waals surface area (Å²) in [6, 6.07) is 22.3. The first-order valence-corrected chi connectivity index (χ1v) is 11.5. The molecule has 1 atom stereocenters. The predicted octanol–water partition coefficient (Wildman–Crippen LogP) is 4.62. The molecule has 3 rings (SSSR count). The second-order valence-electron chi connectivity index (χ2n) is 6.39. The molecule has 156 valence electrons. The van der Waals surface area contributed by atoms with Gasteiger partial charge in [0.1, 0.15) is 5.75 Å². The first kappa shape index (κ1) is 21.7. The van der Waals surface area contributed by atoms with E-state index >= 15 is 0 Å². The standard InChI is InChI=1S/C22H22N2O4S2/c1-16(22(25)23-20-10-6-7-11-21(20)28-2)29-18-14-12-17(13-15-18)24-30(26,27)19-8-4-3-5-9-19/h3-16,24H,1-2H3,(H,23,25). The average Bonchev–Trinajstić information content (AvgIpc) is 2.76. The SMILES string of the molecule is COc1ccccc1NC(=O)C(C)Sc1ccc(NS(=O)(=O)c2ccccc2)cc1. The maximum absolute atomic E-state index is 12.5. The van der Waals surface area contributed by atoms with Crippen molar-refractivity contribution >= 4 is 39.1 Å². The number of amides is 1. The Morgan fingerprint density at radius 3 is 2.23 bits per heavy atom. The normalized spacial score (nSPS) is 12.1. The molecule has 0 bridgehead atoms. The van der Waals surface area contributed by atoms with Crippen LogP contribution in [0.2, 0.25) is 0 Å². The van der Waals surface area contributed by atoms with E-state index in [0.717, 1.165) is 4.90 Å². The van der Waals surface area contributed by atoms with Gasteiger partial charge >= 0.3 is 0 Å². The molecule has 3 aromatic rings. The predicted molar refractivity (Wildman–Crippen MR) is 121 cm³/mol. The number of hydrogen-bond donors (Lipinski definition) is 2. The van der Waals surface area contributed by atoms with Crippen LogP contribution in [0, 0.1) is 0 Å². The van der Waals surface area contributed by atoms with Crippen LogP contribution in [0.25, 0.3) is 0 Å². The van der Waals surface area contributed by atoms with Crippen LogP contribution in [0.3, 0.4) is 0 Å². The lowest BCUT2D eigenvalue weighted by atomic mass is 10.3. The number of anilines is 2. The van der Waals surface area contributed by atoms with Crippen LogP contribution in [0.15, 0.2) is 88.7 Å². The molecule has 2 N–H and O–H groups in total. The summed E-state index contributed by atoms with van der Waals surface area (Å²) in [5, 5.41) is 2.51. The maximum atomic E-state index is 12.5. The summed E-state index contributed by atoms with van der Waals surface area (Å²) in [4.78, 5) is 13.6. The Bertz CT molecular complexity index is 1100. The van der Waals surface area contributed by atoms with Gasteiger partial charge in [-0.25, -0.2) is 8.42 Å². The fourth-order valence-corrected chi connectivity index (χ4v) is 4.60. The lowest BCUT2D eigenvalue weighted by Crippen LogP contribution is -2.22. The quantitative estimate of drug-likeness (QED) is 0.498. The topological polar surface area (TPSA) is 84.5 Å². The first-order valence-electron chi connectivity index (χ1n) is 9.17. The van der Waals surface area contributed by atoms with E-state index in [4.69, 9.17) is 4.74 Å². The third-order valence-electron chi connectivity index (χ3n) is 4.21. The molecule has 0 heterocycles. The number of sulfonamides is 1. The van der Waals surface area contributed by atoms with E-state index in [9.17, 15) is 13.2 Å². The van der Waals surface area contributed by atoms with Crippen molar-refractivity contribution in [2.24, 2.45) is 0 Å². The van der Waals surface area contributed by atoms with Gasteiger partial charge in [-0.2, -0.15) is 0 Å². The number of hydrogen-bond acceptors (Lipinski definition) is 5. The van der Waals surface area contributed by atoms with Gasteiger partial charge in [0.25, 0.3) is 10.0 Å². The molecule has 0 fully saturated rings. The molecule has 3 aromatic carbocycles. The fraction of sp³-hybridized carbons (Fsp3) is 0.136. The summed E-state index contributed by atoms with van der Waals surface area (Å²) in [5.74, 6) is 0.441. The summed E-state index contributed by atoms with van der Waals surface area (Å²) in [6.45, 7) is 1.81. The summed E-state index contributed by atoms with van der Waals surface area (Å²) < 4.78 is 32.6. The van der Waals surface area contributed by atoms with Crippen LogP contribution in [0.1, 0.15) is 6.92 Å². The zero-order chi connectivity index (χ0) is 21.6. The molecule has 0 aliphatic heterocycles. The van der Waals surface area contributed by atoms with Crippen LogP contribution >= 0.6 is 11.8 Å². The van der Waals surface area contributed by atoms with Gasteiger partial charge in [0.15, 0.2) is 0 Å². The number of benzene rings is 3. The van der Waals surface area contributed by atoms with Crippen LogP contribution in [0.5, 0.6) is 5.75 Å². The Balaban J connectivity index is 1.62. The molecule has 0 saturated heterocycles. The monoisotopic (exact) mass is 442 g/mol. The molecule has 6 nitrogen and oxygen atoms in total. The minimum absolute atomic E-state index is 0.154. The summed E-state index contributed by atoms with van der Waals surface area (Å²) in [7, 11) is -2.08. The maximum Gasteiger partial charge on any atom is 0.261 e. The molecular weight excluding hydrogens is 420 g/mol. The number of methoxy groups -OCH3 is 1. The highest BCUT2D eigenvalue weighted by atomic mass is 32.2. The van der Waals surface area contributed by atoms with Gasteiger partial charge in [0, 0.05) is 10.6 Å². The molecule has 30 heavy (non-hydrogen) atoms. The van der Waals surface area contributed by atoms with Crippen molar-refractivity contribution in [3.8, 4) is 5.75 Å². The van der Waals surface area contributed by atoms with Crippen molar-refractivity contribution in [1.82, 2.24) is 0 Å². The second-order valence-corrected chi connectivity index (χ2v) is 9.49. The molecule has 0 aliphatic rings. The first-order chi connectivity index (χ1) is 14.4. The highest BCUT2D eigenvalue weighted by Crippen LogP contribution is 2.28. The van der Waals surface area contributed by atoms with E-state index in [2.05, 4.69) is 10.0 Å².